The molecule has 7 nitrogen and oxygen atoms in total. The maximum Gasteiger partial charge on any atom is 0.305 e. The molecule has 1 aromatic heterocycles. The first-order valence-corrected chi connectivity index (χ1v) is 14.1. The zero-order valence-corrected chi connectivity index (χ0v) is 24.0. The fourth-order valence-electron chi connectivity index (χ4n) is 4.10. The highest BCUT2D eigenvalue weighted by atomic mass is 35.5. The molecule has 0 aliphatic heterocycles. The predicted molar refractivity (Wildman–Crippen MR) is 154 cm³/mol. The third-order valence-electron chi connectivity index (χ3n) is 5.88. The summed E-state index contributed by atoms with van der Waals surface area (Å²) in [4.78, 5) is 29.1. The number of carbonyl (C=O) groups excluding carboxylic acids is 1. The van der Waals surface area contributed by atoms with E-state index in [9.17, 15) is 14.7 Å². The molecule has 0 radical (unpaired) electrons. The number of thiazole rings is 1. The summed E-state index contributed by atoms with van der Waals surface area (Å²) in [6.07, 6.45) is 1.98. The Labute approximate surface area is 232 Å². The van der Waals surface area contributed by atoms with Gasteiger partial charge in [0.2, 0.25) is 5.91 Å². The molecule has 1 heterocycles. The van der Waals surface area contributed by atoms with Crippen LogP contribution in [-0.2, 0) is 17.6 Å². The number of hydrogen-bond donors (Lipinski definition) is 4. The van der Waals surface area contributed by atoms with Crippen LogP contribution in [0, 0.1) is 5.41 Å². The Balaban J connectivity index is 1.42. The Hall–Kier alpha value is -2.10. The molecule has 0 fully saturated rings. The van der Waals surface area contributed by atoms with E-state index < -0.39 is 0 Å². The monoisotopic (exact) mass is 566 g/mol. The van der Waals surface area contributed by atoms with Crippen molar-refractivity contribution < 1.29 is 9.90 Å². The molecule has 3 rings (SSSR count). The Morgan fingerprint density at radius 2 is 1.76 bits per heavy atom. The summed E-state index contributed by atoms with van der Waals surface area (Å²) < 4.78 is 0.794. The highest BCUT2D eigenvalue weighted by molar-refractivity contribution is 7.16. The zero-order valence-electron chi connectivity index (χ0n) is 21.6. The number of benzene rings is 2. The summed E-state index contributed by atoms with van der Waals surface area (Å²) in [5.41, 5.74) is 2.62. The largest absolute Gasteiger partial charge is 0.506 e. The molecule has 0 aliphatic rings. The van der Waals surface area contributed by atoms with Crippen LogP contribution in [0.2, 0.25) is 10.0 Å². The normalized spacial score (nSPS) is 11.8. The van der Waals surface area contributed by atoms with Crippen molar-refractivity contribution in [2.75, 3.05) is 39.3 Å². The molecule has 2 aromatic carbocycles. The molecule has 0 unspecified atom stereocenters. The minimum atomic E-state index is -0.175. The maximum atomic E-state index is 13.0. The first-order valence-electron chi connectivity index (χ1n) is 12.5. The van der Waals surface area contributed by atoms with Crippen molar-refractivity contribution >= 4 is 50.7 Å². The van der Waals surface area contributed by atoms with Crippen LogP contribution in [-0.4, -0.2) is 60.2 Å². The lowest BCUT2D eigenvalue weighted by Gasteiger charge is -2.30. The summed E-state index contributed by atoms with van der Waals surface area (Å²) in [6, 6.07) is 9.10. The van der Waals surface area contributed by atoms with Gasteiger partial charge in [-0.3, -0.25) is 9.59 Å². The number of fused-ring (bicyclic) bond motifs is 1. The van der Waals surface area contributed by atoms with Gasteiger partial charge in [-0.2, -0.15) is 0 Å². The molecule has 202 valence electrons. The lowest BCUT2D eigenvalue weighted by Crippen LogP contribution is -2.42. The van der Waals surface area contributed by atoms with Crippen molar-refractivity contribution in [3.63, 3.8) is 0 Å². The van der Waals surface area contributed by atoms with Gasteiger partial charge in [-0.25, -0.2) is 0 Å². The molecular weight excluding hydrogens is 531 g/mol. The van der Waals surface area contributed by atoms with Crippen LogP contribution in [0.1, 0.15) is 38.3 Å². The standard InChI is InChI=1S/C27H36Cl2N4O3S/c1-27(2,3)17-33(23(35)10-13-30-11-8-18-4-6-20(28)21(29)16-18)15-14-31-12-9-19-5-7-22(34)24-25(19)37-26(36)32-24/h4-7,16,30-31,34H,8-15,17H2,1-3H3,(H,32,36). The number of nitrogens with zero attached hydrogens (tertiary/aromatic N) is 1. The summed E-state index contributed by atoms with van der Waals surface area (Å²) in [5.74, 6) is 0.223. The molecule has 0 bridgehead atoms. The Bertz CT molecular complexity index is 1250. The van der Waals surface area contributed by atoms with E-state index in [1.54, 1.807) is 12.1 Å². The molecule has 0 saturated heterocycles. The molecule has 10 heteroatoms. The number of hydrogen-bond acceptors (Lipinski definition) is 6. The number of phenolic OH excluding ortho intramolecular Hbond substituents is 1. The van der Waals surface area contributed by atoms with Crippen molar-refractivity contribution in [1.29, 1.82) is 0 Å². The van der Waals surface area contributed by atoms with Crippen LogP contribution < -0.4 is 15.5 Å². The van der Waals surface area contributed by atoms with Crippen LogP contribution in [0.25, 0.3) is 10.2 Å². The van der Waals surface area contributed by atoms with Gasteiger partial charge < -0.3 is 25.6 Å². The fraction of sp³-hybridized carbons (Fsp3) is 0.481. The van der Waals surface area contributed by atoms with E-state index in [1.165, 1.54) is 0 Å². The molecule has 0 spiro atoms. The lowest BCUT2D eigenvalue weighted by atomic mass is 9.96. The number of phenols is 1. The van der Waals surface area contributed by atoms with Crippen molar-refractivity contribution in [3.8, 4) is 5.75 Å². The summed E-state index contributed by atoms with van der Waals surface area (Å²) in [6.45, 7) is 10.5. The second-order valence-corrected chi connectivity index (χ2v) is 12.1. The van der Waals surface area contributed by atoms with E-state index >= 15 is 0 Å². The molecule has 0 aliphatic carbocycles. The first-order chi connectivity index (χ1) is 17.5. The molecule has 1 amide bonds. The van der Waals surface area contributed by atoms with Crippen molar-refractivity contribution in [1.82, 2.24) is 20.5 Å². The average Bonchev–Trinajstić information content (AvgIpc) is 3.23. The molecule has 37 heavy (non-hydrogen) atoms. The van der Waals surface area contributed by atoms with Crippen molar-refractivity contribution in [2.24, 2.45) is 5.41 Å². The molecular formula is C27H36Cl2N4O3S. The van der Waals surface area contributed by atoms with E-state index in [4.69, 9.17) is 23.2 Å². The van der Waals surface area contributed by atoms with E-state index in [0.717, 1.165) is 46.6 Å². The Morgan fingerprint density at radius 3 is 2.49 bits per heavy atom. The van der Waals surface area contributed by atoms with Crippen LogP contribution in [0.5, 0.6) is 5.75 Å². The van der Waals surface area contributed by atoms with Crippen LogP contribution in [0.15, 0.2) is 35.1 Å². The number of aromatic nitrogens is 1. The molecule has 0 saturated carbocycles. The Morgan fingerprint density at radius 1 is 1.03 bits per heavy atom. The van der Waals surface area contributed by atoms with Gasteiger partial charge in [0.25, 0.3) is 0 Å². The third-order valence-corrected chi connectivity index (χ3v) is 7.57. The van der Waals surface area contributed by atoms with Crippen LogP contribution in [0.3, 0.4) is 0 Å². The van der Waals surface area contributed by atoms with Gasteiger partial charge in [0.05, 0.1) is 14.7 Å². The SMILES string of the molecule is CC(C)(C)CN(CCNCCc1ccc(O)c2[nH]c(=O)sc12)C(=O)CCNCCc1ccc(Cl)c(Cl)c1. The summed E-state index contributed by atoms with van der Waals surface area (Å²) in [5, 5.41) is 17.8. The Kier molecular flexibility index (Phi) is 10.8. The third kappa shape index (κ3) is 9.30. The smallest absolute Gasteiger partial charge is 0.305 e. The van der Waals surface area contributed by atoms with E-state index in [2.05, 4.69) is 36.4 Å². The number of halogens is 2. The lowest BCUT2D eigenvalue weighted by molar-refractivity contribution is -0.132. The van der Waals surface area contributed by atoms with E-state index in [-0.39, 0.29) is 21.9 Å². The predicted octanol–water partition coefficient (Wildman–Crippen LogP) is 4.83. The van der Waals surface area contributed by atoms with Crippen molar-refractivity contribution in [3.05, 3.63) is 61.2 Å². The minimum Gasteiger partial charge on any atom is -0.506 e. The second-order valence-electron chi connectivity index (χ2n) is 10.3. The highest BCUT2D eigenvalue weighted by Gasteiger charge is 2.20. The highest BCUT2D eigenvalue weighted by Crippen LogP contribution is 2.28. The van der Waals surface area contributed by atoms with Crippen molar-refractivity contribution in [2.45, 2.75) is 40.0 Å². The number of aromatic amines is 1. The number of nitrogens with one attached hydrogen (secondary N) is 3. The zero-order chi connectivity index (χ0) is 27.0. The summed E-state index contributed by atoms with van der Waals surface area (Å²) in [7, 11) is 0. The first kappa shape index (κ1) is 29.5. The van der Waals surface area contributed by atoms with Gasteiger partial charge in [0, 0.05) is 32.6 Å². The van der Waals surface area contributed by atoms with Gasteiger partial charge in [0.1, 0.15) is 11.3 Å². The van der Waals surface area contributed by atoms with E-state index in [0.29, 0.717) is 54.7 Å². The quantitative estimate of drug-likeness (QED) is 0.222. The van der Waals surface area contributed by atoms with Crippen LogP contribution in [0.4, 0.5) is 0 Å². The van der Waals surface area contributed by atoms with E-state index in [1.807, 2.05) is 23.1 Å². The average molecular weight is 568 g/mol. The van der Waals surface area contributed by atoms with Gasteiger partial charge >= 0.3 is 4.87 Å². The number of amides is 1. The van der Waals surface area contributed by atoms with Gasteiger partial charge in [-0.05, 0) is 60.7 Å². The number of rotatable bonds is 13. The maximum absolute atomic E-state index is 13.0. The van der Waals surface area contributed by atoms with Crippen LogP contribution >= 0.6 is 34.5 Å². The summed E-state index contributed by atoms with van der Waals surface area (Å²) >= 11 is 13.2. The van der Waals surface area contributed by atoms with Gasteiger partial charge in [-0.15, -0.1) is 0 Å². The van der Waals surface area contributed by atoms with Gasteiger partial charge in [0.15, 0.2) is 0 Å². The fourth-order valence-corrected chi connectivity index (χ4v) is 5.32. The number of aromatic hydroxyl groups is 1. The molecule has 3 aromatic rings. The molecule has 0 atom stereocenters. The topological polar surface area (TPSA) is 97.5 Å². The van der Waals surface area contributed by atoms with Gasteiger partial charge in [-0.1, -0.05) is 67.4 Å². The number of carbonyl (C=O) groups is 1. The number of H-pyrrole nitrogens is 1. The molecule has 4 N–H and O–H groups in total. The minimum absolute atomic E-state index is 0.000293. The second kappa shape index (κ2) is 13.6.